The minimum atomic E-state index is -3.65. The van der Waals surface area contributed by atoms with Crippen molar-refractivity contribution in [3.05, 3.63) is 59.0 Å². The first kappa shape index (κ1) is 18.7. The summed E-state index contributed by atoms with van der Waals surface area (Å²) >= 11 is 1.76. The van der Waals surface area contributed by atoms with Gasteiger partial charge in [0.05, 0.1) is 15.4 Å². The molecule has 1 aliphatic rings. The van der Waals surface area contributed by atoms with E-state index in [4.69, 9.17) is 0 Å². The van der Waals surface area contributed by atoms with Crippen molar-refractivity contribution < 1.29 is 17.2 Å². The van der Waals surface area contributed by atoms with E-state index in [2.05, 4.69) is 9.10 Å². The summed E-state index contributed by atoms with van der Waals surface area (Å²) in [5.41, 5.74) is 1.49. The Morgan fingerprint density at radius 1 is 1.19 bits per heavy atom. The molecule has 4 rings (SSSR count). The lowest BCUT2D eigenvalue weighted by Gasteiger charge is -2.04. The van der Waals surface area contributed by atoms with Gasteiger partial charge in [0, 0.05) is 18.9 Å². The highest BCUT2D eigenvalue weighted by atomic mass is 32.2. The Kier molecular flexibility index (Phi) is 4.66. The molecule has 1 saturated carbocycles. The highest BCUT2D eigenvalue weighted by Crippen LogP contribution is 2.42. The average molecular weight is 427 g/mol. The summed E-state index contributed by atoms with van der Waals surface area (Å²) < 4.78 is 58.9. The van der Waals surface area contributed by atoms with Gasteiger partial charge in [-0.25, -0.2) is 21.9 Å². The van der Waals surface area contributed by atoms with Crippen molar-refractivity contribution in [2.24, 2.45) is 0 Å². The molecule has 27 heavy (non-hydrogen) atoms. The molecule has 1 aliphatic carbocycles. The Bertz CT molecular complexity index is 1060. The van der Waals surface area contributed by atoms with Crippen LogP contribution >= 0.6 is 22.9 Å². The summed E-state index contributed by atoms with van der Waals surface area (Å²) in [7, 11) is -3.65. The van der Waals surface area contributed by atoms with E-state index in [-0.39, 0.29) is 21.0 Å². The number of thiophene rings is 1. The molecule has 3 aromatic rings. The first-order chi connectivity index (χ1) is 12.7. The van der Waals surface area contributed by atoms with Gasteiger partial charge in [-0.05, 0) is 41.7 Å². The monoisotopic (exact) mass is 426 g/mol. The standard InChI is InChI=1S/C18H16F2N2O2S3/c1-18(19,20)16-10-14(21-26-16)15-7-8-17(25-15)27(23,24)22-13-9-12(13)11-5-3-2-4-6-11/h2-8,10,12-13,22H,9H2,1H3/t12-,13+/m1/s1. The third kappa shape index (κ3) is 3.96. The molecule has 2 heterocycles. The fourth-order valence-electron chi connectivity index (χ4n) is 2.85. The summed E-state index contributed by atoms with van der Waals surface area (Å²) in [6, 6.07) is 14.1. The van der Waals surface area contributed by atoms with E-state index in [0.717, 1.165) is 41.8 Å². The molecular weight excluding hydrogens is 410 g/mol. The number of alkyl halides is 2. The maximum absolute atomic E-state index is 13.4. The van der Waals surface area contributed by atoms with Crippen LogP contribution in [0.4, 0.5) is 8.78 Å². The van der Waals surface area contributed by atoms with Gasteiger partial charge in [0.15, 0.2) is 0 Å². The summed E-state index contributed by atoms with van der Waals surface area (Å²) in [6.07, 6.45) is 0.766. The van der Waals surface area contributed by atoms with Crippen LogP contribution in [0.15, 0.2) is 52.7 Å². The van der Waals surface area contributed by atoms with Crippen molar-refractivity contribution in [1.29, 1.82) is 0 Å². The first-order valence-corrected chi connectivity index (χ1v) is 11.3. The SMILES string of the molecule is CC(F)(F)c1cc(-c2ccc(S(=O)(=O)N[C@H]3C[C@@H]3c3ccccc3)s2)ns1. The topological polar surface area (TPSA) is 59.1 Å². The average Bonchev–Trinajstić information content (AvgIpc) is 3.05. The van der Waals surface area contributed by atoms with E-state index in [9.17, 15) is 17.2 Å². The second-order valence-corrected chi connectivity index (χ2v) is 10.4. The van der Waals surface area contributed by atoms with Crippen LogP contribution in [0.2, 0.25) is 0 Å². The third-order valence-corrected chi connectivity index (χ3v) is 8.42. The molecule has 0 bridgehead atoms. The molecule has 1 fully saturated rings. The number of hydrogen-bond acceptors (Lipinski definition) is 5. The largest absolute Gasteiger partial charge is 0.281 e. The smallest absolute Gasteiger partial charge is 0.207 e. The highest BCUT2D eigenvalue weighted by molar-refractivity contribution is 7.91. The number of nitrogens with zero attached hydrogens (tertiary/aromatic N) is 1. The summed E-state index contributed by atoms with van der Waals surface area (Å²) in [4.78, 5) is 0.412. The van der Waals surface area contributed by atoms with E-state index in [1.54, 1.807) is 6.07 Å². The van der Waals surface area contributed by atoms with Crippen molar-refractivity contribution in [3.8, 4) is 10.6 Å². The molecule has 0 unspecified atom stereocenters. The van der Waals surface area contributed by atoms with Gasteiger partial charge in [0.25, 0.3) is 5.92 Å². The quantitative estimate of drug-likeness (QED) is 0.615. The first-order valence-electron chi connectivity index (χ1n) is 8.26. The molecule has 0 amide bonds. The van der Waals surface area contributed by atoms with Gasteiger partial charge in [-0.3, -0.25) is 0 Å². The van der Waals surface area contributed by atoms with Gasteiger partial charge < -0.3 is 0 Å². The molecule has 2 atom stereocenters. The van der Waals surface area contributed by atoms with Gasteiger partial charge in [0.2, 0.25) is 10.0 Å². The second-order valence-electron chi connectivity index (χ2n) is 6.56. The van der Waals surface area contributed by atoms with Gasteiger partial charge in [-0.1, -0.05) is 30.3 Å². The van der Waals surface area contributed by atoms with Crippen LogP contribution in [-0.4, -0.2) is 18.8 Å². The molecule has 0 radical (unpaired) electrons. The van der Waals surface area contributed by atoms with Crippen LogP contribution in [0, 0.1) is 0 Å². The van der Waals surface area contributed by atoms with Crippen molar-refractivity contribution in [1.82, 2.24) is 9.10 Å². The molecule has 0 spiro atoms. The lowest BCUT2D eigenvalue weighted by Crippen LogP contribution is -2.26. The molecule has 0 aliphatic heterocycles. The van der Waals surface area contributed by atoms with Crippen molar-refractivity contribution in [2.75, 3.05) is 0 Å². The van der Waals surface area contributed by atoms with E-state index < -0.39 is 15.9 Å². The maximum Gasteiger partial charge on any atom is 0.281 e. The molecule has 9 heteroatoms. The number of nitrogens with one attached hydrogen (secondary N) is 1. The van der Waals surface area contributed by atoms with Crippen molar-refractivity contribution >= 4 is 32.9 Å². The van der Waals surface area contributed by atoms with E-state index in [0.29, 0.717) is 10.6 Å². The van der Waals surface area contributed by atoms with Crippen molar-refractivity contribution in [3.63, 3.8) is 0 Å². The zero-order chi connectivity index (χ0) is 19.2. The number of benzene rings is 1. The minimum absolute atomic E-state index is 0.118. The number of aromatic nitrogens is 1. The second kappa shape index (κ2) is 6.73. The lowest BCUT2D eigenvalue weighted by atomic mass is 10.1. The van der Waals surface area contributed by atoms with Crippen LogP contribution in [0.25, 0.3) is 10.6 Å². The fraction of sp³-hybridized carbons (Fsp3) is 0.278. The van der Waals surface area contributed by atoms with Gasteiger partial charge in [-0.15, -0.1) is 11.3 Å². The van der Waals surface area contributed by atoms with E-state index >= 15 is 0 Å². The Labute approximate surface area is 164 Å². The molecule has 1 N–H and O–H groups in total. The zero-order valence-electron chi connectivity index (χ0n) is 14.2. The summed E-state index contributed by atoms with van der Waals surface area (Å²) in [5.74, 6) is -2.77. The molecule has 1 aromatic carbocycles. The third-order valence-electron chi connectivity index (χ3n) is 4.37. The van der Waals surface area contributed by atoms with Crippen LogP contribution < -0.4 is 4.72 Å². The highest BCUT2D eigenvalue weighted by Gasteiger charge is 2.41. The Morgan fingerprint density at radius 2 is 1.93 bits per heavy atom. The molecule has 2 aromatic heterocycles. The number of rotatable bonds is 6. The predicted octanol–water partition coefficient (Wildman–Crippen LogP) is 4.82. The minimum Gasteiger partial charge on any atom is -0.207 e. The molecule has 0 saturated heterocycles. The summed E-state index contributed by atoms with van der Waals surface area (Å²) in [6.45, 7) is 0.817. The fourth-order valence-corrected chi connectivity index (χ4v) is 6.15. The number of hydrogen-bond donors (Lipinski definition) is 1. The Morgan fingerprint density at radius 3 is 2.59 bits per heavy atom. The normalized spacial score (nSPS) is 20.0. The Hall–Kier alpha value is -1.68. The maximum atomic E-state index is 13.4. The molecule has 4 nitrogen and oxygen atoms in total. The van der Waals surface area contributed by atoms with Crippen molar-refractivity contribution in [2.45, 2.75) is 35.4 Å². The van der Waals surface area contributed by atoms with Gasteiger partial charge in [-0.2, -0.15) is 4.37 Å². The zero-order valence-corrected chi connectivity index (χ0v) is 16.7. The van der Waals surface area contributed by atoms with Crippen LogP contribution in [0.1, 0.15) is 29.7 Å². The predicted molar refractivity (Wildman–Crippen MR) is 103 cm³/mol. The number of halogens is 2. The van der Waals surface area contributed by atoms with Crippen LogP contribution in [-0.2, 0) is 15.9 Å². The molecule has 142 valence electrons. The lowest BCUT2D eigenvalue weighted by molar-refractivity contribution is 0.0215. The van der Waals surface area contributed by atoms with Crippen LogP contribution in [0.5, 0.6) is 0 Å². The van der Waals surface area contributed by atoms with Gasteiger partial charge >= 0.3 is 0 Å². The van der Waals surface area contributed by atoms with Crippen LogP contribution in [0.3, 0.4) is 0 Å². The number of sulfonamides is 1. The Balaban J connectivity index is 1.49. The molecular formula is C18H16F2N2O2S3. The van der Waals surface area contributed by atoms with E-state index in [1.165, 1.54) is 12.1 Å². The van der Waals surface area contributed by atoms with Gasteiger partial charge in [0.1, 0.15) is 4.21 Å². The van der Waals surface area contributed by atoms with E-state index in [1.807, 2.05) is 30.3 Å². The summed E-state index contributed by atoms with van der Waals surface area (Å²) in [5, 5.41) is 0.